The van der Waals surface area contributed by atoms with E-state index < -0.39 is 12.6 Å². The molecule has 0 aliphatic carbocycles. The van der Waals surface area contributed by atoms with Gasteiger partial charge in [-0.25, -0.2) is 4.79 Å². The standard InChI is InChI=1S/C23H18N2O4S/c1-15(26)25-13-17-10-11-22(30-17)21(27)14-29-23(28)20-9-5-4-8-19(20)18-7-3-2-6-16(18)12-24/h2-11H,13-14H2,1H3,(H,25,26). The second kappa shape index (κ2) is 9.63. The molecule has 0 saturated heterocycles. The molecular formula is C23H18N2O4S. The molecule has 0 fully saturated rings. The first kappa shape index (κ1) is 21.0. The molecule has 0 spiro atoms. The van der Waals surface area contributed by atoms with Crippen LogP contribution in [-0.4, -0.2) is 24.3 Å². The number of esters is 1. The second-order valence-electron chi connectivity index (χ2n) is 6.38. The number of carbonyl (C=O) groups excluding carboxylic acids is 3. The zero-order valence-corrected chi connectivity index (χ0v) is 17.0. The van der Waals surface area contributed by atoms with E-state index >= 15 is 0 Å². The molecule has 0 radical (unpaired) electrons. The van der Waals surface area contributed by atoms with Crippen LogP contribution in [0.5, 0.6) is 0 Å². The molecule has 0 aliphatic rings. The van der Waals surface area contributed by atoms with Crippen molar-refractivity contribution in [2.75, 3.05) is 6.61 Å². The molecule has 1 heterocycles. The van der Waals surface area contributed by atoms with E-state index in [2.05, 4.69) is 11.4 Å². The number of thiophene rings is 1. The summed E-state index contributed by atoms with van der Waals surface area (Å²) in [5.41, 5.74) is 1.92. The van der Waals surface area contributed by atoms with Crippen molar-refractivity contribution in [2.24, 2.45) is 0 Å². The average Bonchev–Trinajstić information content (AvgIpc) is 3.25. The van der Waals surface area contributed by atoms with Gasteiger partial charge in [-0.05, 0) is 29.8 Å². The third-order valence-electron chi connectivity index (χ3n) is 4.27. The van der Waals surface area contributed by atoms with Crippen molar-refractivity contribution in [3.05, 3.63) is 81.5 Å². The Morgan fingerprint density at radius 2 is 1.70 bits per heavy atom. The number of carbonyl (C=O) groups is 3. The zero-order valence-electron chi connectivity index (χ0n) is 16.2. The van der Waals surface area contributed by atoms with E-state index in [0.717, 1.165) is 4.88 Å². The van der Waals surface area contributed by atoms with E-state index in [4.69, 9.17) is 4.74 Å². The zero-order chi connectivity index (χ0) is 21.5. The first-order valence-electron chi connectivity index (χ1n) is 9.11. The molecule has 3 rings (SSSR count). The number of ketones is 1. The SMILES string of the molecule is CC(=O)NCc1ccc(C(=O)COC(=O)c2ccccc2-c2ccccc2C#N)s1. The Labute approximate surface area is 177 Å². The van der Waals surface area contributed by atoms with Gasteiger partial charge in [0.25, 0.3) is 0 Å². The van der Waals surface area contributed by atoms with Gasteiger partial charge in [0.1, 0.15) is 0 Å². The minimum atomic E-state index is -0.637. The Morgan fingerprint density at radius 3 is 2.43 bits per heavy atom. The summed E-state index contributed by atoms with van der Waals surface area (Å²) in [6.07, 6.45) is 0. The van der Waals surface area contributed by atoms with Gasteiger partial charge in [0.15, 0.2) is 6.61 Å². The highest BCUT2D eigenvalue weighted by Crippen LogP contribution is 2.27. The van der Waals surface area contributed by atoms with Crippen LogP contribution in [0.2, 0.25) is 0 Å². The topological polar surface area (TPSA) is 96.3 Å². The van der Waals surface area contributed by atoms with Crippen molar-refractivity contribution in [1.82, 2.24) is 5.32 Å². The molecule has 30 heavy (non-hydrogen) atoms. The maximum Gasteiger partial charge on any atom is 0.339 e. The van der Waals surface area contributed by atoms with Gasteiger partial charge in [0.05, 0.1) is 28.6 Å². The molecule has 7 heteroatoms. The van der Waals surface area contributed by atoms with Gasteiger partial charge in [-0.1, -0.05) is 36.4 Å². The number of nitrogens with one attached hydrogen (secondary N) is 1. The molecule has 2 aromatic carbocycles. The maximum absolute atomic E-state index is 12.7. The summed E-state index contributed by atoms with van der Waals surface area (Å²) in [4.78, 5) is 37.3. The average molecular weight is 418 g/mol. The van der Waals surface area contributed by atoms with Crippen LogP contribution >= 0.6 is 11.3 Å². The Morgan fingerprint density at radius 1 is 1.00 bits per heavy atom. The fraction of sp³-hybridized carbons (Fsp3) is 0.130. The molecule has 1 aromatic heterocycles. The number of hydrogen-bond acceptors (Lipinski definition) is 6. The Balaban J connectivity index is 1.71. The largest absolute Gasteiger partial charge is 0.454 e. The van der Waals surface area contributed by atoms with E-state index in [0.29, 0.717) is 28.1 Å². The first-order chi connectivity index (χ1) is 14.5. The van der Waals surface area contributed by atoms with Crippen LogP contribution in [0, 0.1) is 11.3 Å². The number of rotatable bonds is 7. The van der Waals surface area contributed by atoms with Crippen LogP contribution in [0.15, 0.2) is 60.7 Å². The quantitative estimate of drug-likeness (QED) is 0.463. The molecule has 0 aliphatic heterocycles. The Bertz CT molecular complexity index is 1140. The van der Waals surface area contributed by atoms with Crippen LogP contribution in [0.3, 0.4) is 0 Å². The highest BCUT2D eigenvalue weighted by atomic mass is 32.1. The van der Waals surface area contributed by atoms with E-state index in [9.17, 15) is 19.6 Å². The van der Waals surface area contributed by atoms with Gasteiger partial charge in [-0.2, -0.15) is 5.26 Å². The highest BCUT2D eigenvalue weighted by molar-refractivity contribution is 7.14. The van der Waals surface area contributed by atoms with Crippen molar-refractivity contribution in [1.29, 1.82) is 5.26 Å². The van der Waals surface area contributed by atoms with Crippen LogP contribution in [-0.2, 0) is 16.1 Å². The molecule has 0 atom stereocenters. The van der Waals surface area contributed by atoms with Crippen molar-refractivity contribution >= 4 is 29.0 Å². The van der Waals surface area contributed by atoms with Gasteiger partial charge in [-0.15, -0.1) is 11.3 Å². The molecule has 1 amide bonds. The first-order valence-corrected chi connectivity index (χ1v) is 9.93. The highest BCUT2D eigenvalue weighted by Gasteiger charge is 2.18. The summed E-state index contributed by atoms with van der Waals surface area (Å²) in [5, 5.41) is 12.0. The molecule has 1 N–H and O–H groups in total. The number of ether oxygens (including phenoxy) is 1. The number of nitrogens with zero attached hydrogens (tertiary/aromatic N) is 1. The lowest BCUT2D eigenvalue weighted by Crippen LogP contribution is -2.18. The summed E-state index contributed by atoms with van der Waals surface area (Å²) in [6.45, 7) is 1.37. The van der Waals surface area contributed by atoms with Crippen LogP contribution in [0.4, 0.5) is 0 Å². The minimum Gasteiger partial charge on any atom is -0.454 e. The summed E-state index contributed by atoms with van der Waals surface area (Å²) in [5.74, 6) is -1.11. The monoisotopic (exact) mass is 418 g/mol. The summed E-state index contributed by atoms with van der Waals surface area (Å²) in [6, 6.07) is 19.3. The Kier molecular flexibility index (Phi) is 6.73. The number of amides is 1. The third-order valence-corrected chi connectivity index (χ3v) is 5.39. The Hall–Kier alpha value is -3.76. The van der Waals surface area contributed by atoms with Crippen molar-refractivity contribution in [3.8, 4) is 17.2 Å². The smallest absolute Gasteiger partial charge is 0.339 e. The molecular weight excluding hydrogens is 400 g/mol. The lowest BCUT2D eigenvalue weighted by Gasteiger charge is -2.10. The molecule has 3 aromatic rings. The van der Waals surface area contributed by atoms with Crippen LogP contribution in [0.1, 0.15) is 37.4 Å². The van der Waals surface area contributed by atoms with E-state index in [-0.39, 0.29) is 17.3 Å². The van der Waals surface area contributed by atoms with Gasteiger partial charge >= 0.3 is 5.97 Å². The normalized spacial score (nSPS) is 10.1. The van der Waals surface area contributed by atoms with Crippen molar-refractivity contribution in [2.45, 2.75) is 13.5 Å². The van der Waals surface area contributed by atoms with E-state index in [1.807, 2.05) is 0 Å². The van der Waals surface area contributed by atoms with E-state index in [1.54, 1.807) is 60.7 Å². The van der Waals surface area contributed by atoms with Crippen molar-refractivity contribution < 1.29 is 19.1 Å². The predicted octanol–water partition coefficient (Wildman–Crippen LogP) is 3.96. The lowest BCUT2D eigenvalue weighted by molar-refractivity contribution is -0.119. The second-order valence-corrected chi connectivity index (χ2v) is 7.55. The summed E-state index contributed by atoms with van der Waals surface area (Å²) in [7, 11) is 0. The minimum absolute atomic E-state index is 0.151. The van der Waals surface area contributed by atoms with E-state index in [1.165, 1.54) is 18.3 Å². The number of hydrogen-bond donors (Lipinski definition) is 1. The summed E-state index contributed by atoms with van der Waals surface area (Å²) >= 11 is 1.24. The van der Waals surface area contributed by atoms with Crippen LogP contribution in [0.25, 0.3) is 11.1 Å². The predicted molar refractivity (Wildman–Crippen MR) is 113 cm³/mol. The maximum atomic E-state index is 12.7. The molecule has 0 unspecified atom stereocenters. The fourth-order valence-corrected chi connectivity index (χ4v) is 3.70. The fourth-order valence-electron chi connectivity index (χ4n) is 2.83. The van der Waals surface area contributed by atoms with Gasteiger partial charge in [0.2, 0.25) is 11.7 Å². The summed E-state index contributed by atoms with van der Waals surface area (Å²) < 4.78 is 5.25. The number of benzene rings is 2. The van der Waals surface area contributed by atoms with Crippen molar-refractivity contribution in [3.63, 3.8) is 0 Å². The number of Topliss-reactive ketones (excluding diaryl/α,β-unsaturated/α-hetero) is 1. The van der Waals surface area contributed by atoms with Crippen LogP contribution < -0.4 is 5.32 Å². The molecule has 0 bridgehead atoms. The van der Waals surface area contributed by atoms with Gasteiger partial charge in [0, 0.05) is 17.4 Å². The molecule has 150 valence electrons. The molecule has 6 nitrogen and oxygen atoms in total. The lowest BCUT2D eigenvalue weighted by atomic mass is 9.96. The molecule has 0 saturated carbocycles. The van der Waals surface area contributed by atoms with Gasteiger partial charge in [-0.3, -0.25) is 9.59 Å². The van der Waals surface area contributed by atoms with Gasteiger partial charge < -0.3 is 10.1 Å². The number of nitriles is 1. The third kappa shape index (κ3) is 4.99.